The lowest BCUT2D eigenvalue weighted by Crippen LogP contribution is -2.38. The first-order valence-electron chi connectivity index (χ1n) is 10.5. The third kappa shape index (κ3) is 4.90. The van der Waals surface area contributed by atoms with E-state index in [9.17, 15) is 4.79 Å². The first-order valence-corrected chi connectivity index (χ1v) is 10.5. The molecule has 0 saturated carbocycles. The van der Waals surface area contributed by atoms with Crippen LogP contribution in [-0.2, 0) is 9.63 Å². The van der Waals surface area contributed by atoms with Crippen LogP contribution in [-0.4, -0.2) is 43.0 Å². The number of hydrogen-bond donors (Lipinski definition) is 1. The largest absolute Gasteiger partial charge is 0.493 e. The second kappa shape index (κ2) is 9.20. The Bertz CT molecular complexity index is 1190. The topological polar surface area (TPSA) is 93.4 Å². The Hall–Kier alpha value is -4.07. The maximum absolute atomic E-state index is 12.4. The third-order valence-corrected chi connectivity index (χ3v) is 4.98. The first-order chi connectivity index (χ1) is 15.8. The molecule has 1 N–H and O–H groups in total. The number of allylic oxidation sites excluding steroid dienone is 1. The van der Waals surface area contributed by atoms with Crippen molar-refractivity contribution in [3.05, 3.63) is 70.5 Å². The van der Waals surface area contributed by atoms with Crippen molar-refractivity contribution in [1.29, 1.82) is 5.41 Å². The average molecular weight is 447 g/mol. The van der Waals surface area contributed by atoms with E-state index >= 15 is 0 Å². The van der Waals surface area contributed by atoms with E-state index in [4.69, 9.17) is 24.5 Å². The molecule has 2 aliphatic heterocycles. The standard InChI is InChI=1S/C25H25N3O5/c1-15-9-16(2)11-19(10-15)31-7-8-32-21-6-5-18(14-22(21)30-4)13-20-24(26)28-23(27-25(20)29)12-17(3)33-28/h5-6,9-14,26H,7-8H2,1-4H3/b20-13-,26-24?. The third-order valence-electron chi connectivity index (χ3n) is 4.98. The number of methoxy groups -OCH3 is 1. The van der Waals surface area contributed by atoms with Gasteiger partial charge in [0.1, 0.15) is 24.7 Å². The fourth-order valence-electron chi connectivity index (χ4n) is 3.59. The summed E-state index contributed by atoms with van der Waals surface area (Å²) in [6.07, 6.45) is 3.19. The molecule has 0 atom stereocenters. The zero-order valence-electron chi connectivity index (χ0n) is 19.0. The first kappa shape index (κ1) is 22.1. The second-order valence-electron chi connectivity index (χ2n) is 7.75. The maximum Gasteiger partial charge on any atom is 0.282 e. The van der Waals surface area contributed by atoms with Gasteiger partial charge >= 0.3 is 0 Å². The monoisotopic (exact) mass is 447 g/mol. The molecule has 2 aromatic rings. The van der Waals surface area contributed by atoms with Crippen LogP contribution in [0, 0.1) is 19.3 Å². The van der Waals surface area contributed by atoms with E-state index < -0.39 is 5.91 Å². The summed E-state index contributed by atoms with van der Waals surface area (Å²) in [5.41, 5.74) is 3.08. The Morgan fingerprint density at radius 1 is 1.03 bits per heavy atom. The van der Waals surface area contributed by atoms with Crippen LogP contribution in [0.3, 0.4) is 0 Å². The highest BCUT2D eigenvalue weighted by Gasteiger charge is 2.34. The normalized spacial score (nSPS) is 16.2. The Balaban J connectivity index is 1.43. The number of hydrogen-bond acceptors (Lipinski definition) is 6. The zero-order chi connectivity index (χ0) is 23.5. The molecule has 2 aliphatic rings. The van der Waals surface area contributed by atoms with Gasteiger partial charge in [0.25, 0.3) is 5.91 Å². The number of carbonyl (C=O) groups is 1. The number of benzene rings is 2. The van der Waals surface area contributed by atoms with Crippen LogP contribution in [0.2, 0.25) is 0 Å². The van der Waals surface area contributed by atoms with Gasteiger partial charge in [-0.05, 0) is 67.8 Å². The van der Waals surface area contributed by atoms with Crippen LogP contribution in [0.25, 0.3) is 6.08 Å². The fourth-order valence-corrected chi connectivity index (χ4v) is 3.59. The minimum Gasteiger partial charge on any atom is -0.493 e. The maximum atomic E-state index is 12.4. The highest BCUT2D eigenvalue weighted by Crippen LogP contribution is 2.30. The van der Waals surface area contributed by atoms with Crippen molar-refractivity contribution >= 4 is 23.7 Å². The quantitative estimate of drug-likeness (QED) is 0.505. The van der Waals surface area contributed by atoms with Crippen LogP contribution in [0.4, 0.5) is 0 Å². The van der Waals surface area contributed by atoms with Gasteiger partial charge in [0.2, 0.25) is 0 Å². The van der Waals surface area contributed by atoms with E-state index in [1.807, 2.05) is 26.0 Å². The van der Waals surface area contributed by atoms with Crippen molar-refractivity contribution in [2.75, 3.05) is 20.3 Å². The molecule has 8 nitrogen and oxygen atoms in total. The van der Waals surface area contributed by atoms with E-state index in [2.05, 4.69) is 11.1 Å². The summed E-state index contributed by atoms with van der Waals surface area (Å²) in [5, 5.41) is 9.55. The minimum atomic E-state index is -0.497. The fraction of sp³-hybridized carbons (Fsp3) is 0.240. The molecule has 0 spiro atoms. The van der Waals surface area contributed by atoms with Crippen LogP contribution < -0.4 is 14.2 Å². The molecule has 0 unspecified atom stereocenters. The summed E-state index contributed by atoms with van der Waals surface area (Å²) >= 11 is 0. The molecule has 8 heteroatoms. The second-order valence-corrected chi connectivity index (χ2v) is 7.75. The summed E-state index contributed by atoms with van der Waals surface area (Å²) < 4.78 is 17.1. The summed E-state index contributed by atoms with van der Waals surface area (Å²) in [6, 6.07) is 11.3. The lowest BCUT2D eigenvalue weighted by molar-refractivity contribution is -0.114. The molecule has 0 aromatic heterocycles. The molecule has 0 aliphatic carbocycles. The summed E-state index contributed by atoms with van der Waals surface area (Å²) in [4.78, 5) is 21.9. The molecule has 0 bridgehead atoms. The molecule has 33 heavy (non-hydrogen) atoms. The van der Waals surface area contributed by atoms with Gasteiger partial charge in [-0.15, -0.1) is 5.06 Å². The van der Waals surface area contributed by atoms with Crippen LogP contribution in [0.15, 0.2) is 58.8 Å². The number of amidine groups is 2. The molecule has 2 heterocycles. The number of fused-ring (bicyclic) bond motifs is 1. The Morgan fingerprint density at radius 3 is 2.48 bits per heavy atom. The number of aliphatic imine (C=N–C) groups is 1. The highest BCUT2D eigenvalue weighted by molar-refractivity contribution is 6.32. The van der Waals surface area contributed by atoms with Gasteiger partial charge in [-0.1, -0.05) is 12.1 Å². The molecule has 4 rings (SSSR count). The number of carbonyl (C=O) groups excluding carboxylic acids is 1. The summed E-state index contributed by atoms with van der Waals surface area (Å²) in [5.74, 6) is 2.18. The van der Waals surface area contributed by atoms with E-state index in [1.165, 1.54) is 5.06 Å². The van der Waals surface area contributed by atoms with E-state index in [1.54, 1.807) is 44.4 Å². The van der Waals surface area contributed by atoms with Crippen molar-refractivity contribution in [2.24, 2.45) is 4.99 Å². The van der Waals surface area contributed by atoms with Gasteiger partial charge in [0, 0.05) is 6.08 Å². The van der Waals surface area contributed by atoms with Crippen molar-refractivity contribution in [1.82, 2.24) is 5.06 Å². The minimum absolute atomic E-state index is 0.0686. The Morgan fingerprint density at radius 2 is 1.76 bits per heavy atom. The van der Waals surface area contributed by atoms with E-state index in [-0.39, 0.29) is 11.4 Å². The molecule has 170 valence electrons. The lowest BCUT2D eigenvalue weighted by atomic mass is 10.1. The van der Waals surface area contributed by atoms with Gasteiger partial charge in [-0.2, -0.15) is 4.99 Å². The number of hydroxylamine groups is 2. The molecular formula is C25H25N3O5. The molecular weight excluding hydrogens is 422 g/mol. The summed E-state index contributed by atoms with van der Waals surface area (Å²) in [6.45, 7) is 6.51. The van der Waals surface area contributed by atoms with Crippen molar-refractivity contribution < 1.29 is 23.8 Å². The van der Waals surface area contributed by atoms with Gasteiger partial charge in [0.15, 0.2) is 23.2 Å². The zero-order valence-corrected chi connectivity index (χ0v) is 19.0. The van der Waals surface area contributed by atoms with Crippen LogP contribution in [0.1, 0.15) is 23.6 Å². The number of ether oxygens (including phenoxy) is 3. The van der Waals surface area contributed by atoms with Crippen molar-refractivity contribution in [3.8, 4) is 17.2 Å². The van der Waals surface area contributed by atoms with Crippen LogP contribution in [0.5, 0.6) is 17.2 Å². The molecule has 0 fully saturated rings. The van der Waals surface area contributed by atoms with Gasteiger partial charge in [0.05, 0.1) is 12.7 Å². The van der Waals surface area contributed by atoms with Gasteiger partial charge in [-0.25, -0.2) is 0 Å². The predicted molar refractivity (Wildman–Crippen MR) is 125 cm³/mol. The molecule has 0 radical (unpaired) electrons. The number of nitrogens with zero attached hydrogens (tertiary/aromatic N) is 2. The Kier molecular flexibility index (Phi) is 6.17. The number of rotatable bonds is 7. The Labute approximate surface area is 192 Å². The smallest absolute Gasteiger partial charge is 0.282 e. The van der Waals surface area contributed by atoms with E-state index in [0.29, 0.717) is 41.9 Å². The molecule has 1 amide bonds. The number of aryl methyl sites for hydroxylation is 2. The predicted octanol–water partition coefficient (Wildman–Crippen LogP) is 4.22. The SMILES string of the molecule is COc1cc(/C=C2/C(=N)N3OC(C)=CC3=NC2=O)ccc1OCCOc1cc(C)cc(C)c1. The van der Waals surface area contributed by atoms with Gasteiger partial charge in [-0.3, -0.25) is 10.2 Å². The van der Waals surface area contributed by atoms with E-state index in [0.717, 1.165) is 16.9 Å². The lowest BCUT2D eigenvalue weighted by Gasteiger charge is -2.23. The molecule has 0 saturated heterocycles. The van der Waals surface area contributed by atoms with Gasteiger partial charge < -0.3 is 19.0 Å². The van der Waals surface area contributed by atoms with Crippen LogP contribution >= 0.6 is 0 Å². The number of nitrogens with one attached hydrogen (secondary N) is 1. The average Bonchev–Trinajstić information content (AvgIpc) is 3.14. The van der Waals surface area contributed by atoms with Crippen molar-refractivity contribution in [3.63, 3.8) is 0 Å². The number of amides is 1. The van der Waals surface area contributed by atoms with Crippen molar-refractivity contribution in [2.45, 2.75) is 20.8 Å². The highest BCUT2D eigenvalue weighted by atomic mass is 16.7. The molecule has 2 aromatic carbocycles. The summed E-state index contributed by atoms with van der Waals surface area (Å²) in [7, 11) is 1.54.